The summed E-state index contributed by atoms with van der Waals surface area (Å²) < 4.78 is 5.27. The van der Waals surface area contributed by atoms with Crippen LogP contribution >= 0.6 is 21.6 Å². The Bertz CT molecular complexity index is 1510. The Morgan fingerprint density at radius 2 is 1.87 bits per heavy atom. The first kappa shape index (κ1) is 26.7. The zero-order valence-electron chi connectivity index (χ0n) is 20.7. The molecular formula is C27H23N3O7S2. The summed E-state index contributed by atoms with van der Waals surface area (Å²) in [6.07, 6.45) is 2.20. The fourth-order valence-corrected chi connectivity index (χ4v) is 6.74. The number of pyridine rings is 1. The molecular weight excluding hydrogens is 542 g/mol. The quantitative estimate of drug-likeness (QED) is 0.122. The van der Waals surface area contributed by atoms with Gasteiger partial charge in [0, 0.05) is 34.9 Å². The summed E-state index contributed by atoms with van der Waals surface area (Å²) in [5.41, 5.74) is 0.635. The van der Waals surface area contributed by atoms with Crippen LogP contribution in [0.1, 0.15) is 49.4 Å². The number of hydrogen-bond acceptors (Lipinski definition) is 11. The minimum Gasteiger partial charge on any atom is -0.507 e. The maximum atomic E-state index is 13.4. The van der Waals surface area contributed by atoms with Crippen LogP contribution in [-0.4, -0.2) is 52.1 Å². The molecule has 5 rings (SSSR count). The van der Waals surface area contributed by atoms with Crippen LogP contribution in [0.5, 0.6) is 17.2 Å². The van der Waals surface area contributed by atoms with Gasteiger partial charge in [-0.25, -0.2) is 4.98 Å². The highest BCUT2D eigenvalue weighted by atomic mass is 33.1. The molecule has 10 nitrogen and oxygen atoms in total. The Kier molecular flexibility index (Phi) is 7.58. The van der Waals surface area contributed by atoms with E-state index >= 15 is 0 Å². The molecule has 200 valence electrons. The number of ketones is 2. The average Bonchev–Trinajstić information content (AvgIpc) is 2.97. The molecule has 3 aromatic rings. The number of aromatic nitrogens is 1. The number of methoxy groups -OCH3 is 1. The number of rotatable bonds is 8. The summed E-state index contributed by atoms with van der Waals surface area (Å²) in [4.78, 5) is 54.2. The number of carbonyl (C=O) groups is 3. The highest BCUT2D eigenvalue weighted by molar-refractivity contribution is 8.76. The van der Waals surface area contributed by atoms with Gasteiger partial charge in [0.2, 0.25) is 11.7 Å². The number of phenolic OH excluding ortho intramolecular Hbond substituents is 2. The Morgan fingerprint density at radius 3 is 2.59 bits per heavy atom. The Hall–Kier alpha value is -3.90. The molecule has 0 bridgehead atoms. The second-order valence-corrected chi connectivity index (χ2v) is 11.5. The summed E-state index contributed by atoms with van der Waals surface area (Å²) in [5.74, 6) is -1.70. The van der Waals surface area contributed by atoms with Crippen molar-refractivity contribution in [1.29, 1.82) is 0 Å². The zero-order chi connectivity index (χ0) is 27.7. The number of benzene rings is 2. The summed E-state index contributed by atoms with van der Waals surface area (Å²) in [7, 11) is 4.30. The van der Waals surface area contributed by atoms with Crippen molar-refractivity contribution < 1.29 is 29.3 Å². The van der Waals surface area contributed by atoms with E-state index in [1.54, 1.807) is 24.3 Å². The van der Waals surface area contributed by atoms with E-state index in [-0.39, 0.29) is 63.9 Å². The predicted octanol–water partition coefficient (Wildman–Crippen LogP) is 4.34. The number of carbonyl (C=O) groups excluding carboxylic acids is 3. The van der Waals surface area contributed by atoms with Gasteiger partial charge in [-0.2, -0.15) is 0 Å². The van der Waals surface area contributed by atoms with Gasteiger partial charge >= 0.3 is 0 Å². The van der Waals surface area contributed by atoms with E-state index in [0.29, 0.717) is 29.8 Å². The molecule has 39 heavy (non-hydrogen) atoms. The third-order valence-corrected chi connectivity index (χ3v) is 9.12. The van der Waals surface area contributed by atoms with E-state index in [1.165, 1.54) is 41.0 Å². The zero-order valence-corrected chi connectivity index (χ0v) is 22.4. The molecule has 2 aliphatic carbocycles. The number of hydrogen-bond donors (Lipinski definition) is 3. The second-order valence-electron chi connectivity index (χ2n) is 9.03. The largest absolute Gasteiger partial charge is 0.507 e. The summed E-state index contributed by atoms with van der Waals surface area (Å²) >= 11 is 0. The van der Waals surface area contributed by atoms with Crippen LogP contribution in [0, 0.1) is 10.8 Å². The van der Waals surface area contributed by atoms with Crippen molar-refractivity contribution in [1.82, 2.24) is 10.3 Å². The Morgan fingerprint density at radius 1 is 1.10 bits per heavy atom. The normalized spacial score (nSPS) is 15.7. The molecule has 0 aliphatic heterocycles. The molecule has 1 heterocycles. The molecule has 0 saturated heterocycles. The number of aromatic hydroxyl groups is 2. The molecule has 0 fully saturated rings. The van der Waals surface area contributed by atoms with Gasteiger partial charge in [-0.05, 0) is 53.4 Å². The third kappa shape index (κ3) is 4.85. The smallest absolute Gasteiger partial charge is 0.223 e. The van der Waals surface area contributed by atoms with Crippen LogP contribution in [0.4, 0.5) is 5.69 Å². The lowest BCUT2D eigenvalue weighted by molar-refractivity contribution is -0.125. The molecule has 1 unspecified atom stereocenters. The minimum absolute atomic E-state index is 0.0574. The fourth-order valence-electron chi connectivity index (χ4n) is 4.97. The molecule has 3 N–H and O–H groups in total. The number of amides is 1. The third-order valence-electron chi connectivity index (χ3n) is 6.85. The molecule has 12 heteroatoms. The standard InChI is InChI=1S/C27H23N3O7S2/c1-37-18-4-2-3-16-20(18)26(34)22-21(24(16)32)25(33)17-11-13(5-7-15(17)23(22)31)27(35)28-9-10-38-39-19-8-6-14(30-36)12-29-19/h2-4,6,8,12-13,31,33H,5,7,9-11H2,1H3,(H,28,35). The van der Waals surface area contributed by atoms with Crippen LogP contribution in [0.25, 0.3) is 0 Å². The van der Waals surface area contributed by atoms with Gasteiger partial charge in [-0.15, -0.1) is 4.91 Å². The first-order chi connectivity index (χ1) is 18.8. The van der Waals surface area contributed by atoms with Crippen molar-refractivity contribution in [3.05, 3.63) is 74.8 Å². The predicted molar refractivity (Wildman–Crippen MR) is 146 cm³/mol. The monoisotopic (exact) mass is 565 g/mol. The molecule has 2 aliphatic rings. The topological polar surface area (TPSA) is 155 Å². The molecule has 1 amide bonds. The van der Waals surface area contributed by atoms with E-state index in [2.05, 4.69) is 15.5 Å². The second kappa shape index (κ2) is 11.1. The molecule has 0 spiro atoms. The first-order valence-corrected chi connectivity index (χ1v) is 14.4. The van der Waals surface area contributed by atoms with E-state index in [9.17, 15) is 29.5 Å². The van der Waals surface area contributed by atoms with E-state index in [0.717, 1.165) is 5.03 Å². The molecule has 0 radical (unpaired) electrons. The number of phenols is 2. The van der Waals surface area contributed by atoms with Gasteiger partial charge in [0.15, 0.2) is 5.78 Å². The molecule has 1 atom stereocenters. The average molecular weight is 566 g/mol. The van der Waals surface area contributed by atoms with E-state index < -0.39 is 17.5 Å². The molecule has 0 saturated carbocycles. The van der Waals surface area contributed by atoms with Gasteiger partial charge in [0.1, 0.15) is 28.0 Å². The lowest BCUT2D eigenvalue weighted by atomic mass is 9.75. The highest BCUT2D eigenvalue weighted by Crippen LogP contribution is 2.47. The minimum atomic E-state index is -0.588. The van der Waals surface area contributed by atoms with Crippen LogP contribution in [-0.2, 0) is 17.6 Å². The van der Waals surface area contributed by atoms with E-state index in [1.807, 2.05) is 0 Å². The lowest BCUT2D eigenvalue weighted by Gasteiger charge is -2.29. The van der Waals surface area contributed by atoms with Gasteiger partial charge in [-0.3, -0.25) is 14.4 Å². The summed E-state index contributed by atoms with van der Waals surface area (Å²) in [6.45, 7) is 0.404. The van der Waals surface area contributed by atoms with Crippen LogP contribution in [0.2, 0.25) is 0 Å². The van der Waals surface area contributed by atoms with Crippen molar-refractivity contribution in [2.75, 3.05) is 19.4 Å². The number of ether oxygens (including phenoxy) is 1. The van der Waals surface area contributed by atoms with Gasteiger partial charge < -0.3 is 20.3 Å². The SMILES string of the molecule is COc1cccc2c1C(=O)c1c(O)c3c(c(O)c1C2=O)CC(C(=O)NCCSSc1ccc(N=O)cn1)CC3. The fraction of sp³-hybridized carbons (Fsp3) is 0.259. The highest BCUT2D eigenvalue weighted by Gasteiger charge is 2.41. The Balaban J connectivity index is 1.28. The van der Waals surface area contributed by atoms with Crippen LogP contribution in [0.3, 0.4) is 0 Å². The number of nitrogens with one attached hydrogen (secondary N) is 1. The lowest BCUT2D eigenvalue weighted by Crippen LogP contribution is -2.35. The first-order valence-electron chi connectivity index (χ1n) is 12.1. The van der Waals surface area contributed by atoms with Crippen molar-refractivity contribution in [3.8, 4) is 17.2 Å². The molecule has 1 aromatic heterocycles. The van der Waals surface area contributed by atoms with Crippen molar-refractivity contribution >= 4 is 44.7 Å². The number of nitrogens with zero attached hydrogens (tertiary/aromatic N) is 2. The van der Waals surface area contributed by atoms with Gasteiger partial charge in [0.05, 0.1) is 30.0 Å². The van der Waals surface area contributed by atoms with Crippen LogP contribution in [0.15, 0.2) is 46.7 Å². The Labute approximate surface area is 230 Å². The van der Waals surface area contributed by atoms with Crippen molar-refractivity contribution in [2.45, 2.75) is 24.3 Å². The summed E-state index contributed by atoms with van der Waals surface area (Å²) in [6, 6.07) is 7.90. The van der Waals surface area contributed by atoms with Crippen molar-refractivity contribution in [2.24, 2.45) is 11.1 Å². The number of fused-ring (bicyclic) bond motifs is 3. The van der Waals surface area contributed by atoms with Gasteiger partial charge in [0.25, 0.3) is 0 Å². The van der Waals surface area contributed by atoms with Gasteiger partial charge in [-0.1, -0.05) is 22.9 Å². The van der Waals surface area contributed by atoms with E-state index in [4.69, 9.17) is 4.74 Å². The maximum absolute atomic E-state index is 13.4. The number of nitroso groups, excluding NO2 is 1. The van der Waals surface area contributed by atoms with Crippen molar-refractivity contribution in [3.63, 3.8) is 0 Å². The van der Waals surface area contributed by atoms with Crippen LogP contribution < -0.4 is 10.1 Å². The molecule has 2 aromatic carbocycles. The maximum Gasteiger partial charge on any atom is 0.223 e. The summed E-state index contributed by atoms with van der Waals surface area (Å²) in [5, 5.41) is 28.7.